The lowest BCUT2D eigenvalue weighted by atomic mass is 10.1. The van der Waals surface area contributed by atoms with Gasteiger partial charge in [0.2, 0.25) is 0 Å². The Morgan fingerprint density at radius 1 is 1.11 bits per heavy atom. The maximum atomic E-state index is 12.9. The predicted molar refractivity (Wildman–Crippen MR) is 115 cm³/mol. The van der Waals surface area contributed by atoms with Gasteiger partial charge in [0.1, 0.15) is 10.7 Å². The summed E-state index contributed by atoms with van der Waals surface area (Å²) in [6.45, 7) is 2.12. The summed E-state index contributed by atoms with van der Waals surface area (Å²) in [6.07, 6.45) is 0.660. The molecule has 1 heterocycles. The second kappa shape index (κ2) is 8.74. The van der Waals surface area contributed by atoms with Crippen LogP contribution < -0.4 is 10.2 Å². The van der Waals surface area contributed by atoms with E-state index in [0.717, 1.165) is 8.47 Å². The van der Waals surface area contributed by atoms with Gasteiger partial charge < -0.3 is 10.1 Å². The Balaban J connectivity index is 1.91. The summed E-state index contributed by atoms with van der Waals surface area (Å²) in [5.74, 6) is -1.94. The third kappa shape index (κ3) is 4.05. The molecule has 0 saturated heterocycles. The highest BCUT2D eigenvalue weighted by atomic mass is 127. The third-order valence-corrected chi connectivity index (χ3v) is 5.01. The molecular weight excluding hydrogens is 495 g/mol. The van der Waals surface area contributed by atoms with Crippen molar-refractivity contribution >= 4 is 63.4 Å². The van der Waals surface area contributed by atoms with Crippen LogP contribution in [0.4, 0.5) is 11.4 Å². The average molecular weight is 511 g/mol. The van der Waals surface area contributed by atoms with E-state index in [4.69, 9.17) is 16.3 Å². The summed E-state index contributed by atoms with van der Waals surface area (Å²) in [4.78, 5) is 38.9. The first kappa shape index (κ1) is 20.3. The van der Waals surface area contributed by atoms with Crippen molar-refractivity contribution in [3.05, 3.63) is 68.4 Å². The Kier molecular flexibility index (Phi) is 6.35. The number of anilines is 2. The lowest BCUT2D eigenvalue weighted by Crippen LogP contribution is -2.33. The molecule has 1 aliphatic heterocycles. The lowest BCUT2D eigenvalue weighted by Gasteiger charge is -2.18. The van der Waals surface area contributed by atoms with Crippen LogP contribution >= 0.6 is 34.2 Å². The number of halogens is 2. The first-order chi connectivity index (χ1) is 13.4. The zero-order valence-electron chi connectivity index (χ0n) is 14.9. The van der Waals surface area contributed by atoms with Crippen LogP contribution in [-0.2, 0) is 14.3 Å². The number of amides is 2. The topological polar surface area (TPSA) is 75.7 Å². The summed E-state index contributed by atoms with van der Waals surface area (Å²) in [5, 5.41) is 2.66. The van der Waals surface area contributed by atoms with Crippen molar-refractivity contribution in [1.29, 1.82) is 0 Å². The number of carbonyl (C=O) groups excluding carboxylic acids is 3. The number of nitrogens with zero attached hydrogens (tertiary/aromatic N) is 1. The first-order valence-corrected chi connectivity index (χ1v) is 9.97. The van der Waals surface area contributed by atoms with Crippen LogP contribution in [0.2, 0.25) is 0 Å². The largest absolute Gasteiger partial charge is 0.462 e. The van der Waals surface area contributed by atoms with Crippen LogP contribution in [0.25, 0.3) is 0 Å². The lowest BCUT2D eigenvalue weighted by molar-refractivity contribution is -0.120. The molecule has 2 aromatic carbocycles. The SMILES string of the molecule is CCCOC(=O)c1ccccc1N1C(=O)C(Cl)=C(Nc2ccc(I)cc2)C1=O. The van der Waals surface area contributed by atoms with E-state index in [-0.39, 0.29) is 28.6 Å². The van der Waals surface area contributed by atoms with E-state index in [1.54, 1.807) is 24.3 Å². The van der Waals surface area contributed by atoms with E-state index in [1.165, 1.54) is 12.1 Å². The Bertz CT molecular complexity index is 972. The van der Waals surface area contributed by atoms with Crippen LogP contribution in [0.5, 0.6) is 0 Å². The fraction of sp³-hybridized carbons (Fsp3) is 0.150. The molecule has 28 heavy (non-hydrogen) atoms. The normalized spacial score (nSPS) is 13.9. The van der Waals surface area contributed by atoms with E-state index < -0.39 is 17.8 Å². The van der Waals surface area contributed by atoms with Gasteiger partial charge in [-0.2, -0.15) is 0 Å². The molecule has 0 fully saturated rings. The second-order valence-electron chi connectivity index (χ2n) is 5.92. The molecule has 6 nitrogen and oxygen atoms in total. The number of hydrogen-bond acceptors (Lipinski definition) is 5. The number of esters is 1. The number of nitrogens with one attached hydrogen (secondary N) is 1. The molecule has 0 bridgehead atoms. The summed E-state index contributed by atoms with van der Waals surface area (Å²) in [7, 11) is 0. The number of rotatable bonds is 6. The molecule has 0 saturated carbocycles. The van der Waals surface area contributed by atoms with Gasteiger partial charge in [-0.25, -0.2) is 9.69 Å². The monoisotopic (exact) mass is 510 g/mol. The van der Waals surface area contributed by atoms with Crippen LogP contribution in [0.15, 0.2) is 59.3 Å². The summed E-state index contributed by atoms with van der Waals surface area (Å²) in [5.41, 5.74) is 0.839. The zero-order chi connectivity index (χ0) is 20.3. The van der Waals surface area contributed by atoms with E-state index in [9.17, 15) is 14.4 Å². The third-order valence-electron chi connectivity index (χ3n) is 3.94. The summed E-state index contributed by atoms with van der Waals surface area (Å²) in [6, 6.07) is 13.5. The fourth-order valence-electron chi connectivity index (χ4n) is 2.62. The van der Waals surface area contributed by atoms with Crippen molar-refractivity contribution in [2.45, 2.75) is 13.3 Å². The molecule has 0 unspecified atom stereocenters. The van der Waals surface area contributed by atoms with Crippen molar-refractivity contribution in [3.8, 4) is 0 Å². The molecule has 3 rings (SSSR count). The highest BCUT2D eigenvalue weighted by Crippen LogP contribution is 2.32. The molecule has 0 aromatic heterocycles. The maximum absolute atomic E-state index is 12.9. The van der Waals surface area contributed by atoms with E-state index in [0.29, 0.717) is 12.1 Å². The summed E-state index contributed by atoms with van der Waals surface area (Å²) >= 11 is 8.32. The van der Waals surface area contributed by atoms with Crippen LogP contribution in [0, 0.1) is 3.57 Å². The Morgan fingerprint density at radius 3 is 2.46 bits per heavy atom. The van der Waals surface area contributed by atoms with E-state index in [2.05, 4.69) is 27.9 Å². The minimum atomic E-state index is -0.699. The van der Waals surface area contributed by atoms with Crippen molar-refractivity contribution in [1.82, 2.24) is 0 Å². The molecule has 1 aliphatic rings. The predicted octanol–water partition coefficient (Wildman–Crippen LogP) is 4.29. The van der Waals surface area contributed by atoms with Gasteiger partial charge in [0.15, 0.2) is 0 Å². The van der Waals surface area contributed by atoms with Gasteiger partial charge in [0.05, 0.1) is 17.9 Å². The van der Waals surface area contributed by atoms with Crippen molar-refractivity contribution in [2.24, 2.45) is 0 Å². The molecule has 1 N–H and O–H groups in total. The van der Waals surface area contributed by atoms with Crippen molar-refractivity contribution in [2.75, 3.05) is 16.8 Å². The zero-order valence-corrected chi connectivity index (χ0v) is 17.8. The summed E-state index contributed by atoms with van der Waals surface area (Å²) < 4.78 is 6.18. The van der Waals surface area contributed by atoms with Gasteiger partial charge in [-0.15, -0.1) is 0 Å². The van der Waals surface area contributed by atoms with Crippen LogP contribution in [0.3, 0.4) is 0 Å². The molecule has 2 amide bonds. The number of para-hydroxylation sites is 1. The smallest absolute Gasteiger partial charge is 0.340 e. The van der Waals surface area contributed by atoms with Gasteiger partial charge in [-0.3, -0.25) is 9.59 Å². The van der Waals surface area contributed by atoms with Crippen molar-refractivity contribution in [3.63, 3.8) is 0 Å². The number of ether oxygens (including phenoxy) is 1. The minimum absolute atomic E-state index is 0.0374. The number of imide groups is 1. The molecular formula is C20H16ClIN2O4. The Morgan fingerprint density at radius 2 is 1.79 bits per heavy atom. The van der Waals surface area contributed by atoms with Crippen molar-refractivity contribution < 1.29 is 19.1 Å². The standard InChI is InChI=1S/C20H16ClIN2O4/c1-2-11-28-20(27)14-5-3-4-6-15(14)24-18(25)16(21)17(19(24)26)23-13-9-7-12(22)8-10-13/h3-10,23H,2,11H2,1H3. The molecule has 0 spiro atoms. The second-order valence-corrected chi connectivity index (χ2v) is 7.54. The molecule has 2 aromatic rings. The van der Waals surface area contributed by atoms with Gasteiger partial charge in [-0.05, 0) is 65.4 Å². The van der Waals surface area contributed by atoms with Gasteiger partial charge in [0, 0.05) is 9.26 Å². The van der Waals surface area contributed by atoms with Gasteiger partial charge in [0.25, 0.3) is 11.8 Å². The Hall–Kier alpha value is -2.39. The molecule has 144 valence electrons. The number of benzene rings is 2. The van der Waals surface area contributed by atoms with Gasteiger partial charge >= 0.3 is 5.97 Å². The molecule has 0 atom stereocenters. The van der Waals surface area contributed by atoms with E-state index >= 15 is 0 Å². The maximum Gasteiger partial charge on any atom is 0.340 e. The molecule has 8 heteroatoms. The fourth-order valence-corrected chi connectivity index (χ4v) is 3.19. The highest BCUT2D eigenvalue weighted by molar-refractivity contribution is 14.1. The average Bonchev–Trinajstić information content (AvgIpc) is 2.91. The van der Waals surface area contributed by atoms with Crippen LogP contribution in [-0.4, -0.2) is 24.4 Å². The minimum Gasteiger partial charge on any atom is -0.462 e. The molecule has 0 aliphatic carbocycles. The van der Waals surface area contributed by atoms with Crippen LogP contribution in [0.1, 0.15) is 23.7 Å². The van der Waals surface area contributed by atoms with E-state index in [1.807, 2.05) is 19.1 Å². The Labute approximate surface area is 180 Å². The number of carbonyl (C=O) groups is 3. The molecule has 0 radical (unpaired) electrons. The first-order valence-electron chi connectivity index (χ1n) is 8.51. The van der Waals surface area contributed by atoms with Gasteiger partial charge in [-0.1, -0.05) is 30.7 Å². The highest BCUT2D eigenvalue weighted by Gasteiger charge is 2.40. The quantitative estimate of drug-likeness (QED) is 0.356. The number of hydrogen-bond donors (Lipinski definition) is 1.